The first kappa shape index (κ1) is 26.6. The number of hydrogen-bond acceptors (Lipinski definition) is 5. The summed E-state index contributed by atoms with van der Waals surface area (Å²) in [6.07, 6.45) is 0. The summed E-state index contributed by atoms with van der Waals surface area (Å²) in [7, 11) is 3.25. The molecule has 0 aromatic heterocycles. The van der Waals surface area contributed by atoms with Gasteiger partial charge in [-0.1, -0.05) is 18.2 Å². The Morgan fingerprint density at radius 1 is 1.00 bits per heavy atom. The van der Waals surface area contributed by atoms with Crippen molar-refractivity contribution in [1.29, 1.82) is 0 Å². The maximum Gasteiger partial charge on any atom is 0.242 e. The van der Waals surface area contributed by atoms with E-state index < -0.39 is 0 Å². The van der Waals surface area contributed by atoms with E-state index in [1.54, 1.807) is 14.2 Å². The highest BCUT2D eigenvalue weighted by Gasteiger charge is 2.21. The Hall–Kier alpha value is -2.69. The number of methoxy groups -OCH3 is 2. The number of aliphatic imine (C=N–C) groups is 1. The zero-order valence-electron chi connectivity index (χ0n) is 19.5. The number of anilines is 1. The number of piperazine rings is 1. The molecule has 2 aromatic carbocycles. The van der Waals surface area contributed by atoms with Crippen LogP contribution in [-0.4, -0.2) is 70.3 Å². The van der Waals surface area contributed by atoms with E-state index in [1.165, 1.54) is 5.69 Å². The number of ether oxygens (including phenoxy) is 2. The highest BCUT2D eigenvalue weighted by atomic mass is 127. The molecule has 33 heavy (non-hydrogen) atoms. The van der Waals surface area contributed by atoms with Gasteiger partial charge in [0.1, 0.15) is 11.5 Å². The van der Waals surface area contributed by atoms with Crippen molar-refractivity contribution in [1.82, 2.24) is 15.5 Å². The third-order valence-electron chi connectivity index (χ3n) is 5.41. The first-order valence-corrected chi connectivity index (χ1v) is 11.0. The van der Waals surface area contributed by atoms with Gasteiger partial charge in [0, 0.05) is 50.0 Å². The molecule has 8 nitrogen and oxygen atoms in total. The van der Waals surface area contributed by atoms with Gasteiger partial charge in [-0.15, -0.1) is 24.0 Å². The zero-order chi connectivity index (χ0) is 22.8. The first-order valence-electron chi connectivity index (χ1n) is 11.0. The molecule has 0 atom stereocenters. The molecule has 1 amide bonds. The number of guanidine groups is 1. The second kappa shape index (κ2) is 13.8. The summed E-state index contributed by atoms with van der Waals surface area (Å²) in [5.41, 5.74) is 2.14. The third kappa shape index (κ3) is 7.69. The van der Waals surface area contributed by atoms with E-state index in [2.05, 4.69) is 32.7 Å². The van der Waals surface area contributed by atoms with Crippen molar-refractivity contribution in [3.8, 4) is 11.5 Å². The molecular formula is C24H34IN5O3. The van der Waals surface area contributed by atoms with Gasteiger partial charge in [-0.2, -0.15) is 0 Å². The summed E-state index contributed by atoms with van der Waals surface area (Å²) in [5, 5.41) is 6.35. The second-order valence-corrected chi connectivity index (χ2v) is 7.43. The summed E-state index contributed by atoms with van der Waals surface area (Å²) in [6.45, 7) is 6.43. The molecule has 9 heteroatoms. The lowest BCUT2D eigenvalue weighted by Gasteiger charge is -2.36. The Labute approximate surface area is 213 Å². The van der Waals surface area contributed by atoms with Crippen LogP contribution in [-0.2, 0) is 11.3 Å². The minimum Gasteiger partial charge on any atom is -0.497 e. The van der Waals surface area contributed by atoms with Crippen LogP contribution in [0.3, 0.4) is 0 Å². The summed E-state index contributed by atoms with van der Waals surface area (Å²) in [4.78, 5) is 21.6. The highest BCUT2D eigenvalue weighted by molar-refractivity contribution is 14.0. The highest BCUT2D eigenvalue weighted by Crippen LogP contribution is 2.25. The van der Waals surface area contributed by atoms with Crippen molar-refractivity contribution in [2.24, 2.45) is 4.99 Å². The van der Waals surface area contributed by atoms with Crippen molar-refractivity contribution < 1.29 is 14.3 Å². The van der Waals surface area contributed by atoms with Crippen molar-refractivity contribution in [2.45, 2.75) is 13.5 Å². The molecule has 1 aliphatic rings. The number of carbonyl (C=O) groups is 1. The lowest BCUT2D eigenvalue weighted by atomic mass is 10.2. The van der Waals surface area contributed by atoms with E-state index in [4.69, 9.17) is 9.47 Å². The average Bonchev–Trinajstić information content (AvgIpc) is 2.86. The molecule has 0 bridgehead atoms. The van der Waals surface area contributed by atoms with Crippen LogP contribution in [0.25, 0.3) is 0 Å². The topological polar surface area (TPSA) is 78.4 Å². The molecule has 0 spiro atoms. The molecule has 1 saturated heterocycles. The number of amides is 1. The first-order chi connectivity index (χ1) is 15.6. The molecule has 2 aromatic rings. The van der Waals surface area contributed by atoms with Crippen LogP contribution in [0.1, 0.15) is 12.5 Å². The molecule has 1 aliphatic heterocycles. The number of hydrogen-bond donors (Lipinski definition) is 2. The van der Waals surface area contributed by atoms with Gasteiger partial charge < -0.3 is 29.9 Å². The molecule has 0 aliphatic carbocycles. The molecule has 1 heterocycles. The van der Waals surface area contributed by atoms with Gasteiger partial charge in [-0.25, -0.2) is 4.99 Å². The quantitative estimate of drug-likeness (QED) is 0.290. The van der Waals surface area contributed by atoms with Crippen LogP contribution in [0.5, 0.6) is 11.5 Å². The standard InChI is InChI=1S/C24H33N5O3.HI/c1-4-25-24(26-17-19-10-11-21(31-2)16-22(19)32-3)27-18-23(30)29-14-12-28(13-15-29)20-8-6-5-7-9-20;/h5-11,16H,4,12-15,17-18H2,1-3H3,(H2,25,26,27);1H. The fourth-order valence-electron chi connectivity index (χ4n) is 3.61. The van der Waals surface area contributed by atoms with Crippen LogP contribution < -0.4 is 25.0 Å². The van der Waals surface area contributed by atoms with Gasteiger partial charge in [0.15, 0.2) is 5.96 Å². The van der Waals surface area contributed by atoms with Crippen molar-refractivity contribution in [3.63, 3.8) is 0 Å². The minimum atomic E-state index is 0. The van der Waals surface area contributed by atoms with Crippen molar-refractivity contribution in [3.05, 3.63) is 54.1 Å². The van der Waals surface area contributed by atoms with Crippen molar-refractivity contribution in [2.75, 3.05) is 58.4 Å². The van der Waals surface area contributed by atoms with E-state index in [0.717, 1.165) is 30.2 Å². The summed E-state index contributed by atoms with van der Waals surface area (Å²) >= 11 is 0. The van der Waals surface area contributed by atoms with Gasteiger partial charge in [-0.05, 0) is 31.2 Å². The Bertz CT molecular complexity index is 902. The molecule has 0 saturated carbocycles. The number of carbonyl (C=O) groups excluding carboxylic acids is 1. The van der Waals surface area contributed by atoms with Crippen LogP contribution >= 0.6 is 24.0 Å². The number of para-hydroxylation sites is 1. The predicted octanol–water partition coefficient (Wildman–Crippen LogP) is 2.73. The zero-order valence-corrected chi connectivity index (χ0v) is 21.9. The smallest absolute Gasteiger partial charge is 0.242 e. The summed E-state index contributed by atoms with van der Waals surface area (Å²) < 4.78 is 10.7. The Kier molecular flexibility index (Phi) is 11.1. The molecule has 180 valence electrons. The fraction of sp³-hybridized carbons (Fsp3) is 0.417. The maximum atomic E-state index is 12.7. The van der Waals surface area contributed by atoms with E-state index in [-0.39, 0.29) is 36.4 Å². The minimum absolute atomic E-state index is 0. The molecule has 3 rings (SSSR count). The average molecular weight is 567 g/mol. The van der Waals surface area contributed by atoms with Gasteiger partial charge in [0.2, 0.25) is 5.91 Å². The maximum absolute atomic E-state index is 12.7. The lowest BCUT2D eigenvalue weighted by molar-refractivity contribution is -0.130. The summed E-state index contributed by atoms with van der Waals surface area (Å²) in [5.74, 6) is 2.13. The number of benzene rings is 2. The number of nitrogens with zero attached hydrogens (tertiary/aromatic N) is 3. The van der Waals surface area contributed by atoms with Crippen molar-refractivity contribution >= 4 is 41.5 Å². The van der Waals surface area contributed by atoms with E-state index >= 15 is 0 Å². The SMILES string of the molecule is CCNC(=NCc1ccc(OC)cc1OC)NCC(=O)N1CCN(c2ccccc2)CC1.I. The Morgan fingerprint density at radius 2 is 1.73 bits per heavy atom. The molecule has 1 fully saturated rings. The van der Waals surface area contributed by atoms with E-state index in [1.807, 2.05) is 48.2 Å². The second-order valence-electron chi connectivity index (χ2n) is 7.43. The van der Waals surface area contributed by atoms with Gasteiger partial charge in [0.05, 0.1) is 27.3 Å². The molecule has 0 unspecified atom stereocenters. The Morgan fingerprint density at radius 3 is 2.36 bits per heavy atom. The Balaban J connectivity index is 0.00000385. The predicted molar refractivity (Wildman–Crippen MR) is 143 cm³/mol. The normalized spacial score (nSPS) is 13.7. The van der Waals surface area contributed by atoms with Crippen LogP contribution in [0.4, 0.5) is 5.69 Å². The number of nitrogens with one attached hydrogen (secondary N) is 2. The molecular weight excluding hydrogens is 533 g/mol. The van der Waals surface area contributed by atoms with Gasteiger partial charge in [-0.3, -0.25) is 4.79 Å². The van der Waals surface area contributed by atoms with Gasteiger partial charge in [0.25, 0.3) is 0 Å². The van der Waals surface area contributed by atoms with Gasteiger partial charge >= 0.3 is 0 Å². The largest absolute Gasteiger partial charge is 0.497 e. The lowest BCUT2D eigenvalue weighted by Crippen LogP contribution is -2.52. The van der Waals surface area contributed by atoms with Crippen LogP contribution in [0, 0.1) is 0 Å². The summed E-state index contributed by atoms with van der Waals surface area (Å²) in [6, 6.07) is 16.0. The van der Waals surface area contributed by atoms with E-state index in [0.29, 0.717) is 32.1 Å². The molecule has 2 N–H and O–H groups in total. The number of halogens is 1. The monoisotopic (exact) mass is 567 g/mol. The van der Waals surface area contributed by atoms with Crippen LogP contribution in [0.2, 0.25) is 0 Å². The number of rotatable bonds is 8. The fourth-order valence-corrected chi connectivity index (χ4v) is 3.61. The van der Waals surface area contributed by atoms with E-state index in [9.17, 15) is 4.79 Å². The molecule has 0 radical (unpaired) electrons. The van der Waals surface area contributed by atoms with Crippen LogP contribution in [0.15, 0.2) is 53.5 Å². The third-order valence-corrected chi connectivity index (χ3v) is 5.41.